The molecule has 1 aliphatic heterocycles. The molecule has 0 aliphatic carbocycles. The van der Waals surface area contributed by atoms with E-state index in [-0.39, 0.29) is 0 Å². The number of rotatable bonds is 4. The van der Waals surface area contributed by atoms with Gasteiger partial charge in [-0.25, -0.2) is 0 Å². The predicted octanol–water partition coefficient (Wildman–Crippen LogP) is 4.80. The zero-order valence-corrected chi connectivity index (χ0v) is 17.0. The molecule has 6 heteroatoms. The van der Waals surface area contributed by atoms with E-state index in [1.807, 2.05) is 42.5 Å². The molecule has 0 atom stereocenters. The van der Waals surface area contributed by atoms with Crippen molar-refractivity contribution in [1.29, 1.82) is 0 Å². The highest BCUT2D eigenvalue weighted by atomic mass is 79.9. The molecule has 2 aromatic carbocycles. The van der Waals surface area contributed by atoms with Crippen molar-refractivity contribution in [1.82, 2.24) is 4.90 Å². The Morgan fingerprint density at radius 2 is 1.79 bits per heavy atom. The summed E-state index contributed by atoms with van der Waals surface area (Å²) < 4.78 is 13.3. The van der Waals surface area contributed by atoms with Crippen LogP contribution in [0.25, 0.3) is 0 Å². The van der Waals surface area contributed by atoms with E-state index in [0.29, 0.717) is 6.61 Å². The number of thiocarbonyl (C=S) groups is 1. The summed E-state index contributed by atoms with van der Waals surface area (Å²) in [6.07, 6.45) is 0. The fourth-order valence-corrected chi connectivity index (χ4v) is 3.51. The van der Waals surface area contributed by atoms with Crippen LogP contribution in [-0.4, -0.2) is 36.2 Å². The normalized spacial score (nSPS) is 14.5. The Labute approximate surface area is 164 Å². The van der Waals surface area contributed by atoms with E-state index in [1.165, 1.54) is 0 Å². The monoisotopic (exact) mass is 469 g/mol. The minimum Gasteiger partial charge on any atom is -0.488 e. The SMILES string of the molecule is S=C(c1ccc(OCc2ccc(Br)cc2)c(Br)c1)N1CCOCC1. The lowest BCUT2D eigenvalue weighted by Crippen LogP contribution is -2.40. The third-order valence-electron chi connectivity index (χ3n) is 3.78. The molecule has 0 N–H and O–H groups in total. The number of ether oxygens (including phenoxy) is 2. The molecular formula is C18H17Br2NO2S. The molecule has 3 nitrogen and oxygen atoms in total. The molecule has 0 saturated carbocycles. The molecule has 0 spiro atoms. The van der Waals surface area contributed by atoms with Crippen molar-refractivity contribution in [3.63, 3.8) is 0 Å². The first-order valence-electron chi connectivity index (χ1n) is 7.67. The summed E-state index contributed by atoms with van der Waals surface area (Å²) in [6, 6.07) is 14.1. The van der Waals surface area contributed by atoms with Crippen molar-refractivity contribution in [2.24, 2.45) is 0 Å². The third-order valence-corrected chi connectivity index (χ3v) is 5.43. The van der Waals surface area contributed by atoms with Crippen molar-refractivity contribution < 1.29 is 9.47 Å². The standard InChI is InChI=1S/C18H17Br2NO2S/c19-15-4-1-13(2-5-15)12-23-17-6-3-14(11-16(17)20)18(24)21-7-9-22-10-8-21/h1-6,11H,7-10,12H2. The molecule has 0 bridgehead atoms. The van der Waals surface area contributed by atoms with Gasteiger partial charge in [-0.2, -0.15) is 0 Å². The Kier molecular flexibility index (Phi) is 6.27. The number of benzene rings is 2. The van der Waals surface area contributed by atoms with Gasteiger partial charge in [-0.15, -0.1) is 0 Å². The molecule has 24 heavy (non-hydrogen) atoms. The van der Waals surface area contributed by atoms with Crippen LogP contribution in [0.4, 0.5) is 0 Å². The molecule has 0 amide bonds. The van der Waals surface area contributed by atoms with Gasteiger partial charge in [0.15, 0.2) is 0 Å². The first-order chi connectivity index (χ1) is 11.6. The molecule has 126 valence electrons. The minimum absolute atomic E-state index is 0.527. The smallest absolute Gasteiger partial charge is 0.134 e. The number of morpholine rings is 1. The zero-order valence-electron chi connectivity index (χ0n) is 13.0. The molecule has 1 saturated heterocycles. The first-order valence-corrected chi connectivity index (χ1v) is 9.67. The van der Waals surface area contributed by atoms with Crippen molar-refractivity contribution in [3.05, 3.63) is 62.5 Å². The van der Waals surface area contributed by atoms with Crippen molar-refractivity contribution >= 4 is 49.1 Å². The third kappa shape index (κ3) is 4.57. The number of hydrogen-bond donors (Lipinski definition) is 0. The predicted molar refractivity (Wildman–Crippen MR) is 107 cm³/mol. The maximum Gasteiger partial charge on any atom is 0.134 e. The molecule has 0 aromatic heterocycles. The van der Waals surface area contributed by atoms with Crippen LogP contribution in [0.15, 0.2) is 51.4 Å². The second-order valence-corrected chi connectivity index (χ2v) is 7.62. The highest BCUT2D eigenvalue weighted by Gasteiger charge is 2.16. The van der Waals surface area contributed by atoms with E-state index in [0.717, 1.165) is 57.1 Å². The zero-order chi connectivity index (χ0) is 16.9. The minimum atomic E-state index is 0.527. The Balaban J connectivity index is 1.65. The fraction of sp³-hybridized carbons (Fsp3) is 0.278. The van der Waals surface area contributed by atoms with Gasteiger partial charge in [0.1, 0.15) is 17.3 Å². The molecular weight excluding hydrogens is 454 g/mol. The van der Waals surface area contributed by atoms with E-state index in [2.05, 4.69) is 36.8 Å². The van der Waals surface area contributed by atoms with Gasteiger partial charge >= 0.3 is 0 Å². The maximum absolute atomic E-state index is 5.90. The summed E-state index contributed by atoms with van der Waals surface area (Å²) in [5.41, 5.74) is 2.15. The fourth-order valence-electron chi connectivity index (χ4n) is 2.44. The molecule has 3 rings (SSSR count). The van der Waals surface area contributed by atoms with Crippen LogP contribution in [0.3, 0.4) is 0 Å². The summed E-state index contributed by atoms with van der Waals surface area (Å²) >= 11 is 12.6. The van der Waals surface area contributed by atoms with Crippen molar-refractivity contribution in [2.45, 2.75) is 6.61 Å². The second kappa shape index (κ2) is 8.43. The van der Waals surface area contributed by atoms with Gasteiger partial charge in [-0.1, -0.05) is 40.3 Å². The quantitative estimate of drug-likeness (QED) is 0.598. The molecule has 0 radical (unpaired) electrons. The first kappa shape index (κ1) is 17.9. The second-order valence-electron chi connectivity index (χ2n) is 5.46. The lowest BCUT2D eigenvalue weighted by molar-refractivity contribution is 0.0693. The Hall–Kier alpha value is -0.950. The highest BCUT2D eigenvalue weighted by Crippen LogP contribution is 2.28. The van der Waals surface area contributed by atoms with Crippen LogP contribution in [-0.2, 0) is 11.3 Å². The van der Waals surface area contributed by atoms with Crippen molar-refractivity contribution in [3.8, 4) is 5.75 Å². The Bertz CT molecular complexity index is 715. The van der Waals surface area contributed by atoms with Crippen LogP contribution in [0, 0.1) is 0 Å². The Morgan fingerprint density at radius 3 is 2.46 bits per heavy atom. The van der Waals surface area contributed by atoms with Crippen LogP contribution in [0.2, 0.25) is 0 Å². The van der Waals surface area contributed by atoms with Gasteiger partial charge in [-0.05, 0) is 51.8 Å². The topological polar surface area (TPSA) is 21.7 Å². The lowest BCUT2D eigenvalue weighted by atomic mass is 10.2. The molecule has 0 unspecified atom stereocenters. The summed E-state index contributed by atoms with van der Waals surface area (Å²) in [4.78, 5) is 3.04. The summed E-state index contributed by atoms with van der Waals surface area (Å²) in [5, 5.41) is 0. The highest BCUT2D eigenvalue weighted by molar-refractivity contribution is 9.10. The van der Waals surface area contributed by atoms with E-state index >= 15 is 0 Å². The largest absolute Gasteiger partial charge is 0.488 e. The van der Waals surface area contributed by atoms with Gasteiger partial charge < -0.3 is 14.4 Å². The molecule has 1 aliphatic rings. The number of hydrogen-bond acceptors (Lipinski definition) is 3. The Morgan fingerprint density at radius 1 is 1.08 bits per heavy atom. The van der Waals surface area contributed by atoms with E-state index in [1.54, 1.807) is 0 Å². The average Bonchev–Trinajstić information content (AvgIpc) is 2.62. The van der Waals surface area contributed by atoms with Gasteiger partial charge in [-0.3, -0.25) is 0 Å². The van der Waals surface area contributed by atoms with Crippen LogP contribution in [0.1, 0.15) is 11.1 Å². The summed E-state index contributed by atoms with van der Waals surface area (Å²) in [6.45, 7) is 3.68. The number of nitrogens with zero attached hydrogens (tertiary/aromatic N) is 1. The molecule has 1 fully saturated rings. The van der Waals surface area contributed by atoms with E-state index in [4.69, 9.17) is 21.7 Å². The van der Waals surface area contributed by atoms with Gasteiger partial charge in [0, 0.05) is 23.1 Å². The van der Waals surface area contributed by atoms with Gasteiger partial charge in [0.25, 0.3) is 0 Å². The lowest BCUT2D eigenvalue weighted by Gasteiger charge is -2.29. The molecule has 1 heterocycles. The average molecular weight is 471 g/mol. The maximum atomic E-state index is 5.90. The van der Waals surface area contributed by atoms with Crippen LogP contribution < -0.4 is 4.74 Å². The van der Waals surface area contributed by atoms with Gasteiger partial charge in [0.05, 0.1) is 17.7 Å². The van der Waals surface area contributed by atoms with Crippen molar-refractivity contribution in [2.75, 3.05) is 26.3 Å². The number of halogens is 2. The molecule has 2 aromatic rings. The summed E-state index contributed by atoms with van der Waals surface area (Å²) in [7, 11) is 0. The van der Waals surface area contributed by atoms with Gasteiger partial charge in [0.2, 0.25) is 0 Å². The van der Waals surface area contributed by atoms with E-state index in [9.17, 15) is 0 Å². The van der Waals surface area contributed by atoms with E-state index < -0.39 is 0 Å². The van der Waals surface area contributed by atoms with Crippen LogP contribution in [0.5, 0.6) is 5.75 Å². The van der Waals surface area contributed by atoms with Crippen LogP contribution >= 0.6 is 44.1 Å². The summed E-state index contributed by atoms with van der Waals surface area (Å²) in [5.74, 6) is 0.812.